The molecule has 0 fully saturated rings. The Morgan fingerprint density at radius 2 is 1.89 bits per heavy atom. The highest BCUT2D eigenvalue weighted by atomic mass is 127. The molecule has 1 aromatic heterocycles. The first-order valence-electron chi connectivity index (χ1n) is 8.04. The Labute approximate surface area is 173 Å². The number of aliphatic imine (C=N–C) groups is 1. The van der Waals surface area contributed by atoms with Gasteiger partial charge in [-0.25, -0.2) is 4.98 Å². The quantitative estimate of drug-likeness (QED) is 0.362. The van der Waals surface area contributed by atoms with E-state index in [1.807, 2.05) is 37.3 Å². The number of nitrogens with one attached hydrogen (secondary N) is 2. The topological polar surface area (TPSA) is 58.5 Å². The summed E-state index contributed by atoms with van der Waals surface area (Å²) < 4.78 is 40.9. The van der Waals surface area contributed by atoms with Crippen LogP contribution in [0.15, 0.2) is 53.7 Å². The van der Waals surface area contributed by atoms with E-state index in [0.717, 1.165) is 11.1 Å². The van der Waals surface area contributed by atoms with Crippen LogP contribution in [-0.2, 0) is 6.54 Å². The van der Waals surface area contributed by atoms with Crippen molar-refractivity contribution in [2.75, 3.05) is 13.7 Å². The van der Waals surface area contributed by atoms with Crippen LogP contribution in [0.3, 0.4) is 0 Å². The average molecular weight is 494 g/mol. The van der Waals surface area contributed by atoms with Crippen molar-refractivity contribution in [3.05, 3.63) is 59.8 Å². The number of halogens is 4. The summed E-state index contributed by atoms with van der Waals surface area (Å²) in [6, 6.07) is 13.1. The summed E-state index contributed by atoms with van der Waals surface area (Å²) in [5, 5.41) is 6.41. The van der Waals surface area contributed by atoms with Gasteiger partial charge in [-0.15, -0.1) is 24.0 Å². The summed E-state index contributed by atoms with van der Waals surface area (Å²) in [5.41, 5.74) is 1.92. The number of pyridine rings is 1. The van der Waals surface area contributed by atoms with Crippen LogP contribution in [-0.4, -0.2) is 30.8 Å². The molecule has 2 rings (SSSR count). The maximum Gasteiger partial charge on any atom is 0.422 e. The predicted molar refractivity (Wildman–Crippen MR) is 109 cm³/mol. The molecule has 0 spiro atoms. The van der Waals surface area contributed by atoms with E-state index in [0.29, 0.717) is 12.5 Å². The van der Waals surface area contributed by atoms with Crippen LogP contribution in [0, 0.1) is 0 Å². The van der Waals surface area contributed by atoms with Gasteiger partial charge in [-0.1, -0.05) is 36.4 Å². The summed E-state index contributed by atoms with van der Waals surface area (Å²) in [7, 11) is 1.67. The van der Waals surface area contributed by atoms with Gasteiger partial charge in [-0.3, -0.25) is 4.99 Å². The van der Waals surface area contributed by atoms with Crippen molar-refractivity contribution in [1.29, 1.82) is 0 Å². The molecule has 2 aromatic rings. The number of aromatic nitrogens is 1. The van der Waals surface area contributed by atoms with Gasteiger partial charge in [0.1, 0.15) is 0 Å². The zero-order chi connectivity index (χ0) is 19.0. The first kappa shape index (κ1) is 23.0. The third-order valence-electron chi connectivity index (χ3n) is 3.52. The van der Waals surface area contributed by atoms with E-state index in [-0.39, 0.29) is 35.9 Å². The third-order valence-corrected chi connectivity index (χ3v) is 3.52. The van der Waals surface area contributed by atoms with Gasteiger partial charge in [-0.05, 0) is 18.1 Å². The maximum atomic E-state index is 12.1. The molecule has 0 radical (unpaired) electrons. The molecule has 9 heteroatoms. The lowest BCUT2D eigenvalue weighted by atomic mass is 10.1. The monoisotopic (exact) mass is 494 g/mol. The molecule has 148 valence electrons. The third kappa shape index (κ3) is 8.46. The second-order valence-electron chi connectivity index (χ2n) is 5.61. The number of alkyl halides is 3. The van der Waals surface area contributed by atoms with Gasteiger partial charge in [0.15, 0.2) is 12.6 Å². The molecule has 5 nitrogen and oxygen atoms in total. The number of rotatable bonds is 6. The van der Waals surface area contributed by atoms with Crippen molar-refractivity contribution >= 4 is 29.9 Å². The van der Waals surface area contributed by atoms with Crippen molar-refractivity contribution in [1.82, 2.24) is 15.6 Å². The zero-order valence-electron chi connectivity index (χ0n) is 15.0. The Morgan fingerprint density at radius 1 is 1.19 bits per heavy atom. The Bertz CT molecular complexity index is 709. The van der Waals surface area contributed by atoms with Crippen molar-refractivity contribution in [2.24, 2.45) is 4.99 Å². The molecular weight excluding hydrogens is 472 g/mol. The Hall–Kier alpha value is -2.04. The molecule has 0 aliphatic heterocycles. The van der Waals surface area contributed by atoms with Gasteiger partial charge < -0.3 is 15.4 Å². The average Bonchev–Trinajstić information content (AvgIpc) is 2.64. The SMILES string of the molecule is CN=C(NCc1ccc(OCC(F)(F)F)nc1)NC(C)c1ccccc1.I. The molecule has 0 saturated heterocycles. The molecule has 0 aliphatic carbocycles. The van der Waals surface area contributed by atoms with Crippen LogP contribution in [0.1, 0.15) is 24.1 Å². The number of benzene rings is 1. The van der Waals surface area contributed by atoms with Crippen LogP contribution >= 0.6 is 24.0 Å². The van der Waals surface area contributed by atoms with Gasteiger partial charge in [-0.2, -0.15) is 13.2 Å². The number of nitrogens with zero attached hydrogens (tertiary/aromatic N) is 2. The highest BCUT2D eigenvalue weighted by Crippen LogP contribution is 2.17. The highest BCUT2D eigenvalue weighted by Gasteiger charge is 2.28. The predicted octanol–water partition coefficient (Wildman–Crippen LogP) is 4.07. The molecule has 2 N–H and O–H groups in total. The van der Waals surface area contributed by atoms with Crippen molar-refractivity contribution < 1.29 is 17.9 Å². The molecule has 1 heterocycles. The maximum absolute atomic E-state index is 12.1. The second kappa shape index (κ2) is 11.0. The molecule has 1 aromatic carbocycles. The van der Waals surface area contributed by atoms with Crippen molar-refractivity contribution in [3.63, 3.8) is 0 Å². The van der Waals surface area contributed by atoms with Crippen LogP contribution in [0.25, 0.3) is 0 Å². The molecule has 1 unspecified atom stereocenters. The van der Waals surface area contributed by atoms with Crippen LogP contribution in [0.4, 0.5) is 13.2 Å². The molecule has 0 bridgehead atoms. The lowest BCUT2D eigenvalue weighted by Gasteiger charge is -2.18. The fraction of sp³-hybridized carbons (Fsp3) is 0.333. The molecule has 27 heavy (non-hydrogen) atoms. The Morgan fingerprint density at radius 3 is 2.44 bits per heavy atom. The number of hydrogen-bond acceptors (Lipinski definition) is 3. The van der Waals surface area contributed by atoms with E-state index < -0.39 is 12.8 Å². The lowest BCUT2D eigenvalue weighted by Crippen LogP contribution is -2.38. The van der Waals surface area contributed by atoms with Gasteiger partial charge in [0, 0.05) is 25.9 Å². The summed E-state index contributed by atoms with van der Waals surface area (Å²) >= 11 is 0. The van der Waals surface area contributed by atoms with E-state index in [2.05, 4.69) is 25.3 Å². The van der Waals surface area contributed by atoms with Crippen LogP contribution < -0.4 is 15.4 Å². The van der Waals surface area contributed by atoms with E-state index in [9.17, 15) is 13.2 Å². The lowest BCUT2D eigenvalue weighted by molar-refractivity contribution is -0.154. The van der Waals surface area contributed by atoms with Crippen molar-refractivity contribution in [2.45, 2.75) is 25.7 Å². The fourth-order valence-electron chi connectivity index (χ4n) is 2.17. The van der Waals surface area contributed by atoms with Crippen LogP contribution in [0.5, 0.6) is 5.88 Å². The summed E-state index contributed by atoms with van der Waals surface area (Å²) in [4.78, 5) is 8.04. The number of guanidine groups is 1. The highest BCUT2D eigenvalue weighted by molar-refractivity contribution is 14.0. The van der Waals surface area contributed by atoms with Crippen LogP contribution in [0.2, 0.25) is 0 Å². The largest absolute Gasteiger partial charge is 0.468 e. The number of hydrogen-bond donors (Lipinski definition) is 2. The minimum Gasteiger partial charge on any atom is -0.468 e. The van der Waals surface area contributed by atoms with Gasteiger partial charge in [0.05, 0.1) is 6.04 Å². The zero-order valence-corrected chi connectivity index (χ0v) is 17.3. The normalized spacial score (nSPS) is 12.7. The smallest absolute Gasteiger partial charge is 0.422 e. The summed E-state index contributed by atoms with van der Waals surface area (Å²) in [6.07, 6.45) is -2.91. The fourth-order valence-corrected chi connectivity index (χ4v) is 2.17. The molecular formula is C18H22F3IN4O. The van der Waals surface area contributed by atoms with E-state index in [1.165, 1.54) is 12.3 Å². The minimum atomic E-state index is -4.38. The second-order valence-corrected chi connectivity index (χ2v) is 5.61. The molecule has 0 amide bonds. The van der Waals surface area contributed by atoms with Gasteiger partial charge in [0.25, 0.3) is 0 Å². The first-order chi connectivity index (χ1) is 12.4. The molecule has 0 aliphatic rings. The van der Waals surface area contributed by atoms with Gasteiger partial charge in [0.2, 0.25) is 5.88 Å². The van der Waals surface area contributed by atoms with Gasteiger partial charge >= 0.3 is 6.18 Å². The van der Waals surface area contributed by atoms with E-state index in [1.54, 1.807) is 13.1 Å². The summed E-state index contributed by atoms with van der Waals surface area (Å²) in [6.45, 7) is 1.09. The molecule has 0 saturated carbocycles. The first-order valence-corrected chi connectivity index (χ1v) is 8.04. The number of ether oxygens (including phenoxy) is 1. The van der Waals surface area contributed by atoms with E-state index >= 15 is 0 Å². The van der Waals surface area contributed by atoms with E-state index in [4.69, 9.17) is 0 Å². The standard InChI is InChI=1S/C18H21F3N4O.HI/c1-13(15-6-4-3-5-7-15)25-17(22-2)24-11-14-8-9-16(23-10-14)26-12-18(19,20)21;/h3-10,13H,11-12H2,1-2H3,(H2,22,24,25);1H. The van der Waals surface area contributed by atoms with Crippen molar-refractivity contribution in [3.8, 4) is 5.88 Å². The Kier molecular flexibility index (Phi) is 9.33. The molecule has 1 atom stereocenters. The summed E-state index contributed by atoms with van der Waals surface area (Å²) in [5.74, 6) is 0.546. The minimum absolute atomic E-state index is 0. The Balaban J connectivity index is 0.00000364.